The van der Waals surface area contributed by atoms with E-state index in [1.165, 1.54) is 25.5 Å². The Morgan fingerprint density at radius 1 is 1.07 bits per heavy atom. The van der Waals surface area contributed by atoms with Crippen LogP contribution < -0.4 is 15.4 Å². The molecule has 144 valence electrons. The molecule has 0 saturated heterocycles. The highest BCUT2D eigenvalue weighted by molar-refractivity contribution is 7.89. The summed E-state index contributed by atoms with van der Waals surface area (Å²) in [5.41, 5.74) is 2.43. The topological polar surface area (TPSA) is 82.6 Å². The maximum atomic E-state index is 11.9. The van der Waals surface area contributed by atoms with Crippen LogP contribution in [-0.2, 0) is 22.0 Å². The van der Waals surface area contributed by atoms with Gasteiger partial charge >= 0.3 is 0 Å². The van der Waals surface area contributed by atoms with Gasteiger partial charge in [0.1, 0.15) is 0 Å². The lowest BCUT2D eigenvalue weighted by Crippen LogP contribution is -2.40. The molecule has 7 heteroatoms. The predicted octanol–water partition coefficient (Wildman–Crippen LogP) is 1.99. The number of benzene rings is 2. The van der Waals surface area contributed by atoms with Crippen molar-refractivity contribution in [3.63, 3.8) is 0 Å². The van der Waals surface area contributed by atoms with Crippen LogP contribution in [0.5, 0.6) is 0 Å². The van der Waals surface area contributed by atoms with Gasteiger partial charge in [0, 0.05) is 25.6 Å². The Morgan fingerprint density at radius 3 is 2.44 bits per heavy atom. The molecule has 0 aromatic heterocycles. The van der Waals surface area contributed by atoms with Gasteiger partial charge in [-0.05, 0) is 43.1 Å². The SMILES string of the molecule is CN=C(NCc1cccc(S(=O)(=O)NC)c1)NCC1(c2ccccc2)CC1. The summed E-state index contributed by atoms with van der Waals surface area (Å²) < 4.78 is 26.2. The number of rotatable bonds is 7. The van der Waals surface area contributed by atoms with Gasteiger partial charge in [-0.15, -0.1) is 0 Å². The van der Waals surface area contributed by atoms with E-state index in [2.05, 4.69) is 44.6 Å². The summed E-state index contributed by atoms with van der Waals surface area (Å²) >= 11 is 0. The van der Waals surface area contributed by atoms with Gasteiger partial charge in [0.2, 0.25) is 10.0 Å². The van der Waals surface area contributed by atoms with Crippen molar-refractivity contribution in [3.8, 4) is 0 Å². The van der Waals surface area contributed by atoms with Crippen molar-refractivity contribution in [2.75, 3.05) is 20.6 Å². The Bertz CT molecular complexity index is 907. The molecular formula is C20H26N4O2S. The van der Waals surface area contributed by atoms with Crippen LogP contribution in [0.1, 0.15) is 24.0 Å². The average molecular weight is 387 g/mol. The maximum Gasteiger partial charge on any atom is 0.240 e. The minimum atomic E-state index is -3.44. The number of guanidine groups is 1. The highest BCUT2D eigenvalue weighted by Crippen LogP contribution is 2.47. The van der Waals surface area contributed by atoms with Gasteiger partial charge in [0.15, 0.2) is 5.96 Å². The van der Waals surface area contributed by atoms with E-state index in [0.717, 1.165) is 12.1 Å². The van der Waals surface area contributed by atoms with Crippen molar-refractivity contribution in [2.45, 2.75) is 29.7 Å². The van der Waals surface area contributed by atoms with Crippen molar-refractivity contribution in [1.82, 2.24) is 15.4 Å². The summed E-state index contributed by atoms with van der Waals surface area (Å²) in [6.45, 7) is 1.32. The molecule has 6 nitrogen and oxygen atoms in total. The fourth-order valence-electron chi connectivity index (χ4n) is 3.11. The standard InChI is InChI=1S/C20H26N4O2S/c1-21-19(24-15-20(11-12-20)17-8-4-3-5-9-17)23-14-16-7-6-10-18(13-16)27(25,26)22-2/h3-10,13,22H,11-12,14-15H2,1-2H3,(H2,21,23,24). The molecule has 0 radical (unpaired) electrons. The number of sulfonamides is 1. The van der Waals surface area contributed by atoms with Gasteiger partial charge in [0.25, 0.3) is 0 Å². The second-order valence-corrected chi connectivity index (χ2v) is 8.67. The van der Waals surface area contributed by atoms with Gasteiger partial charge in [-0.1, -0.05) is 42.5 Å². The first-order chi connectivity index (χ1) is 13.0. The summed E-state index contributed by atoms with van der Waals surface area (Å²) in [6, 6.07) is 17.4. The Balaban J connectivity index is 1.58. The molecule has 0 heterocycles. The number of aliphatic imine (C=N–C) groups is 1. The first kappa shape index (κ1) is 19.4. The lowest BCUT2D eigenvalue weighted by molar-refractivity contribution is 0.588. The molecular weight excluding hydrogens is 360 g/mol. The van der Waals surface area contributed by atoms with Gasteiger partial charge in [-0.2, -0.15) is 0 Å². The third-order valence-electron chi connectivity index (χ3n) is 4.99. The van der Waals surface area contributed by atoms with Crippen LogP contribution in [-0.4, -0.2) is 35.0 Å². The minimum absolute atomic E-state index is 0.194. The van der Waals surface area contributed by atoms with E-state index in [1.807, 2.05) is 12.1 Å². The lowest BCUT2D eigenvalue weighted by Gasteiger charge is -2.19. The summed E-state index contributed by atoms with van der Waals surface area (Å²) in [5, 5.41) is 6.66. The quantitative estimate of drug-likeness (QED) is 0.502. The molecule has 2 aromatic rings. The number of hydrogen-bond donors (Lipinski definition) is 3. The molecule has 0 spiro atoms. The molecule has 0 bridgehead atoms. The van der Waals surface area contributed by atoms with Crippen molar-refractivity contribution in [2.24, 2.45) is 4.99 Å². The number of hydrogen-bond acceptors (Lipinski definition) is 3. The van der Waals surface area contributed by atoms with Gasteiger partial charge in [0.05, 0.1) is 4.90 Å². The number of nitrogens with zero attached hydrogens (tertiary/aromatic N) is 1. The fourth-order valence-corrected chi connectivity index (χ4v) is 3.91. The van der Waals surface area contributed by atoms with Crippen molar-refractivity contribution in [3.05, 3.63) is 65.7 Å². The first-order valence-electron chi connectivity index (χ1n) is 9.02. The van der Waals surface area contributed by atoms with E-state index in [0.29, 0.717) is 12.5 Å². The molecule has 2 aromatic carbocycles. The molecule has 0 atom stereocenters. The third-order valence-corrected chi connectivity index (χ3v) is 6.41. The van der Waals surface area contributed by atoms with E-state index in [9.17, 15) is 8.42 Å². The molecule has 3 N–H and O–H groups in total. The smallest absolute Gasteiger partial charge is 0.240 e. The zero-order valence-electron chi connectivity index (χ0n) is 15.7. The molecule has 0 aliphatic heterocycles. The predicted molar refractivity (Wildman–Crippen MR) is 108 cm³/mol. The van der Waals surface area contributed by atoms with Gasteiger partial charge in [-0.25, -0.2) is 13.1 Å². The fraction of sp³-hybridized carbons (Fsp3) is 0.350. The zero-order valence-corrected chi connectivity index (χ0v) is 16.5. The van der Waals surface area contributed by atoms with E-state index < -0.39 is 10.0 Å². The summed E-state index contributed by atoms with van der Waals surface area (Å²) in [4.78, 5) is 4.54. The Hall–Kier alpha value is -2.38. The van der Waals surface area contributed by atoms with E-state index >= 15 is 0 Å². The van der Waals surface area contributed by atoms with Crippen LogP contribution in [0, 0.1) is 0 Å². The zero-order chi connectivity index (χ0) is 19.3. The normalized spacial score (nSPS) is 16.0. The first-order valence-corrected chi connectivity index (χ1v) is 10.5. The molecule has 1 fully saturated rings. The second-order valence-electron chi connectivity index (χ2n) is 6.78. The van der Waals surface area contributed by atoms with E-state index in [-0.39, 0.29) is 10.3 Å². The monoisotopic (exact) mass is 386 g/mol. The van der Waals surface area contributed by atoms with E-state index in [1.54, 1.807) is 25.2 Å². The summed E-state index contributed by atoms with van der Waals surface area (Å²) in [6.07, 6.45) is 2.34. The van der Waals surface area contributed by atoms with Crippen molar-refractivity contribution in [1.29, 1.82) is 0 Å². The largest absolute Gasteiger partial charge is 0.356 e. The highest BCUT2D eigenvalue weighted by Gasteiger charge is 2.43. The van der Waals surface area contributed by atoms with Crippen LogP contribution in [0.25, 0.3) is 0 Å². The molecule has 0 amide bonds. The van der Waals surface area contributed by atoms with Gasteiger partial charge < -0.3 is 10.6 Å². The molecule has 27 heavy (non-hydrogen) atoms. The average Bonchev–Trinajstić information content (AvgIpc) is 3.50. The van der Waals surface area contributed by atoms with Crippen molar-refractivity contribution >= 4 is 16.0 Å². The molecule has 0 unspecified atom stereocenters. The summed E-state index contributed by atoms with van der Waals surface area (Å²) in [5.74, 6) is 0.707. The van der Waals surface area contributed by atoms with Crippen molar-refractivity contribution < 1.29 is 8.42 Å². The Kier molecular flexibility index (Phi) is 5.82. The third kappa shape index (κ3) is 4.67. The van der Waals surface area contributed by atoms with Crippen LogP contribution >= 0.6 is 0 Å². The van der Waals surface area contributed by atoms with Crippen LogP contribution in [0.15, 0.2) is 64.5 Å². The van der Waals surface area contributed by atoms with Crippen LogP contribution in [0.4, 0.5) is 0 Å². The van der Waals surface area contributed by atoms with Crippen LogP contribution in [0.3, 0.4) is 0 Å². The van der Waals surface area contributed by atoms with E-state index in [4.69, 9.17) is 0 Å². The molecule has 1 aliphatic rings. The number of nitrogens with one attached hydrogen (secondary N) is 3. The maximum absolute atomic E-state index is 11.9. The molecule has 1 saturated carbocycles. The van der Waals surface area contributed by atoms with Crippen LogP contribution in [0.2, 0.25) is 0 Å². The summed E-state index contributed by atoms with van der Waals surface area (Å²) in [7, 11) is -0.296. The molecule has 1 aliphatic carbocycles. The second kappa shape index (κ2) is 8.10. The Labute approximate surface area is 161 Å². The Morgan fingerprint density at radius 2 is 1.81 bits per heavy atom. The highest BCUT2D eigenvalue weighted by atomic mass is 32.2. The minimum Gasteiger partial charge on any atom is -0.356 e. The lowest BCUT2D eigenvalue weighted by atomic mass is 9.96. The molecule has 3 rings (SSSR count). The van der Waals surface area contributed by atoms with Gasteiger partial charge in [-0.3, -0.25) is 4.99 Å².